The van der Waals surface area contributed by atoms with Crippen molar-refractivity contribution in [2.45, 2.75) is 24.7 Å². The molecule has 2 aromatic carbocycles. The van der Waals surface area contributed by atoms with E-state index in [0.717, 1.165) is 12.8 Å². The summed E-state index contributed by atoms with van der Waals surface area (Å²) in [7, 11) is -3.54. The third-order valence-electron chi connectivity index (χ3n) is 4.77. The lowest BCUT2D eigenvalue weighted by molar-refractivity contribution is -0.385. The molecule has 0 atom stereocenters. The topological polar surface area (TPSA) is 122 Å². The van der Waals surface area contributed by atoms with Crippen molar-refractivity contribution in [3.05, 3.63) is 58.1 Å². The summed E-state index contributed by atoms with van der Waals surface area (Å²) < 4.78 is 26.8. The Morgan fingerprint density at radius 3 is 2.55 bits per heavy atom. The van der Waals surface area contributed by atoms with Crippen LogP contribution in [0.25, 0.3) is 0 Å². The van der Waals surface area contributed by atoms with Crippen molar-refractivity contribution >= 4 is 33.0 Å². The number of nitrogens with zero attached hydrogens (tertiary/aromatic N) is 2. The van der Waals surface area contributed by atoms with Crippen molar-refractivity contribution in [3.8, 4) is 0 Å². The van der Waals surface area contributed by atoms with Crippen LogP contribution in [-0.4, -0.2) is 43.2 Å². The minimum Gasteiger partial charge on any atom is -0.376 e. The van der Waals surface area contributed by atoms with Crippen molar-refractivity contribution < 1.29 is 18.1 Å². The fourth-order valence-corrected chi connectivity index (χ4v) is 4.74. The molecule has 154 valence electrons. The summed E-state index contributed by atoms with van der Waals surface area (Å²) in [6.07, 6.45) is 1.71. The van der Waals surface area contributed by atoms with E-state index in [4.69, 9.17) is 0 Å². The van der Waals surface area contributed by atoms with Crippen molar-refractivity contribution in [1.82, 2.24) is 4.31 Å². The second-order valence-electron chi connectivity index (χ2n) is 6.75. The van der Waals surface area contributed by atoms with Gasteiger partial charge in [0.2, 0.25) is 15.9 Å². The number of carbonyl (C=O) groups is 1. The van der Waals surface area contributed by atoms with Crippen molar-refractivity contribution in [2.24, 2.45) is 0 Å². The third-order valence-corrected chi connectivity index (χ3v) is 6.66. The monoisotopic (exact) mass is 418 g/mol. The van der Waals surface area contributed by atoms with Crippen LogP contribution in [0.5, 0.6) is 0 Å². The molecule has 0 spiro atoms. The number of hydrogen-bond donors (Lipinski definition) is 2. The summed E-state index contributed by atoms with van der Waals surface area (Å²) in [5.74, 6) is -0.401. The van der Waals surface area contributed by atoms with Crippen LogP contribution in [0.15, 0.2) is 47.4 Å². The van der Waals surface area contributed by atoms with Gasteiger partial charge in [0.25, 0.3) is 5.69 Å². The summed E-state index contributed by atoms with van der Waals surface area (Å²) in [5, 5.41) is 16.5. The van der Waals surface area contributed by atoms with Gasteiger partial charge >= 0.3 is 0 Å². The molecule has 10 heteroatoms. The molecule has 1 fully saturated rings. The number of nitrogens with one attached hydrogen (secondary N) is 2. The molecule has 0 unspecified atom stereocenters. The van der Waals surface area contributed by atoms with Gasteiger partial charge in [-0.2, -0.15) is 4.31 Å². The fraction of sp³-hybridized carbons (Fsp3) is 0.316. The Hall–Kier alpha value is -2.98. The van der Waals surface area contributed by atoms with Crippen LogP contribution in [0.1, 0.15) is 18.4 Å². The van der Waals surface area contributed by atoms with Crippen molar-refractivity contribution in [3.63, 3.8) is 0 Å². The first-order valence-electron chi connectivity index (χ1n) is 9.17. The van der Waals surface area contributed by atoms with Gasteiger partial charge in [-0.15, -0.1) is 0 Å². The van der Waals surface area contributed by atoms with Crippen LogP contribution in [0, 0.1) is 17.0 Å². The van der Waals surface area contributed by atoms with E-state index in [-0.39, 0.29) is 17.1 Å². The maximum atomic E-state index is 12.7. The third kappa shape index (κ3) is 4.72. The molecular formula is C19H22N4O5S. The zero-order valence-corrected chi connectivity index (χ0v) is 16.7. The van der Waals surface area contributed by atoms with E-state index in [2.05, 4.69) is 10.6 Å². The number of hydrogen-bond acceptors (Lipinski definition) is 6. The number of nitro groups is 1. The molecule has 2 aromatic rings. The molecule has 1 amide bonds. The molecule has 0 aliphatic carbocycles. The van der Waals surface area contributed by atoms with Crippen LogP contribution in [-0.2, 0) is 14.8 Å². The van der Waals surface area contributed by atoms with Crippen LogP contribution < -0.4 is 10.6 Å². The summed E-state index contributed by atoms with van der Waals surface area (Å²) in [4.78, 5) is 22.9. The first kappa shape index (κ1) is 20.7. The predicted molar refractivity (Wildman–Crippen MR) is 109 cm³/mol. The minimum atomic E-state index is -3.54. The molecular weight excluding hydrogens is 396 g/mol. The molecule has 29 heavy (non-hydrogen) atoms. The Kier molecular flexibility index (Phi) is 6.14. The lowest BCUT2D eigenvalue weighted by Crippen LogP contribution is -2.28. The Bertz CT molecular complexity index is 1030. The van der Waals surface area contributed by atoms with Gasteiger partial charge in [0.1, 0.15) is 0 Å². The van der Waals surface area contributed by atoms with Gasteiger partial charge < -0.3 is 10.6 Å². The number of rotatable bonds is 7. The van der Waals surface area contributed by atoms with Crippen LogP contribution in [0.4, 0.5) is 17.1 Å². The van der Waals surface area contributed by atoms with Crippen LogP contribution in [0.3, 0.4) is 0 Å². The highest BCUT2D eigenvalue weighted by molar-refractivity contribution is 7.89. The van der Waals surface area contributed by atoms with Crippen molar-refractivity contribution in [2.75, 3.05) is 30.3 Å². The Morgan fingerprint density at radius 1 is 1.17 bits per heavy atom. The Labute approximate surface area is 168 Å². The van der Waals surface area contributed by atoms with E-state index in [1.165, 1.54) is 28.6 Å². The van der Waals surface area contributed by atoms with Crippen LogP contribution >= 0.6 is 0 Å². The molecule has 1 aliphatic rings. The average molecular weight is 418 g/mol. The lowest BCUT2D eigenvalue weighted by atomic mass is 10.1. The predicted octanol–water partition coefficient (Wildman–Crippen LogP) is 2.74. The van der Waals surface area contributed by atoms with Gasteiger partial charge in [0.15, 0.2) is 0 Å². The Balaban J connectivity index is 1.65. The van der Waals surface area contributed by atoms with Gasteiger partial charge in [-0.3, -0.25) is 14.9 Å². The maximum Gasteiger partial charge on any atom is 0.274 e. The molecule has 2 N–H and O–H groups in total. The number of amides is 1. The maximum absolute atomic E-state index is 12.7. The molecule has 1 saturated heterocycles. The summed E-state index contributed by atoms with van der Waals surface area (Å²) in [6.45, 7) is 2.49. The number of nitro benzene ring substituents is 1. The highest BCUT2D eigenvalue weighted by Gasteiger charge is 2.27. The van der Waals surface area contributed by atoms with E-state index in [9.17, 15) is 23.3 Å². The zero-order chi connectivity index (χ0) is 21.0. The summed E-state index contributed by atoms with van der Waals surface area (Å²) in [5.41, 5.74) is 1.15. The van der Waals surface area contributed by atoms with E-state index >= 15 is 0 Å². The zero-order valence-electron chi connectivity index (χ0n) is 15.9. The second kappa shape index (κ2) is 8.58. The number of carbonyl (C=O) groups excluding carboxylic acids is 1. The van der Waals surface area contributed by atoms with Crippen LogP contribution in [0.2, 0.25) is 0 Å². The molecule has 1 aliphatic heterocycles. The fourth-order valence-electron chi connectivity index (χ4n) is 3.18. The molecule has 9 nitrogen and oxygen atoms in total. The van der Waals surface area contributed by atoms with Gasteiger partial charge in [-0.25, -0.2) is 8.42 Å². The van der Waals surface area contributed by atoms with E-state index in [1.54, 1.807) is 25.1 Å². The second-order valence-corrected chi connectivity index (χ2v) is 8.69. The van der Waals surface area contributed by atoms with Gasteiger partial charge in [0, 0.05) is 24.8 Å². The van der Waals surface area contributed by atoms with Gasteiger partial charge in [-0.05, 0) is 44.0 Å². The van der Waals surface area contributed by atoms with Crippen molar-refractivity contribution in [1.29, 1.82) is 0 Å². The summed E-state index contributed by atoms with van der Waals surface area (Å²) in [6, 6.07) is 10.8. The first-order valence-corrected chi connectivity index (χ1v) is 10.6. The molecule has 3 rings (SSSR count). The first-order chi connectivity index (χ1) is 13.8. The highest BCUT2D eigenvalue weighted by Crippen LogP contribution is 2.25. The number of sulfonamides is 1. The molecule has 0 radical (unpaired) electrons. The average Bonchev–Trinajstić information content (AvgIpc) is 3.24. The van der Waals surface area contributed by atoms with E-state index in [0.29, 0.717) is 30.0 Å². The van der Waals surface area contributed by atoms with Gasteiger partial charge in [-0.1, -0.05) is 12.1 Å². The van der Waals surface area contributed by atoms with E-state index in [1.807, 2.05) is 0 Å². The standard InChI is InChI=1S/C19H22N4O5S/c1-14-17(8-5-9-18(14)23(25)26)21-19(24)13-20-15-6-4-7-16(12-15)29(27,28)22-10-2-3-11-22/h4-9,12,20H,2-3,10-11,13H2,1H3,(H,21,24). The van der Waals surface area contributed by atoms with E-state index < -0.39 is 20.9 Å². The quantitative estimate of drug-likeness (QED) is 0.527. The minimum absolute atomic E-state index is 0.0735. The number of benzene rings is 2. The lowest BCUT2D eigenvalue weighted by Gasteiger charge is -2.16. The molecule has 0 saturated carbocycles. The smallest absolute Gasteiger partial charge is 0.274 e. The Morgan fingerprint density at radius 2 is 1.86 bits per heavy atom. The summed E-state index contributed by atoms with van der Waals surface area (Å²) >= 11 is 0. The molecule has 0 aromatic heterocycles. The normalized spacial score (nSPS) is 14.5. The molecule has 0 bridgehead atoms. The highest BCUT2D eigenvalue weighted by atomic mass is 32.2. The van der Waals surface area contributed by atoms with Gasteiger partial charge in [0.05, 0.1) is 27.6 Å². The number of anilines is 2. The molecule has 1 heterocycles. The largest absolute Gasteiger partial charge is 0.376 e. The SMILES string of the molecule is Cc1c(NC(=O)CNc2cccc(S(=O)(=O)N3CCCC3)c2)cccc1[N+](=O)[O-].